The number of hydrogen-bond donors (Lipinski definition) is 1. The lowest BCUT2D eigenvalue weighted by Crippen LogP contribution is -1.92. The van der Waals surface area contributed by atoms with Crippen LogP contribution in [-0.4, -0.2) is 11.2 Å². The molecule has 0 spiro atoms. The van der Waals surface area contributed by atoms with Crippen molar-refractivity contribution >= 4 is 34.0 Å². The van der Waals surface area contributed by atoms with E-state index in [2.05, 4.69) is 46.9 Å². The van der Waals surface area contributed by atoms with Gasteiger partial charge in [0, 0.05) is 27.9 Å². The van der Waals surface area contributed by atoms with Crippen LogP contribution in [0.5, 0.6) is 0 Å². The summed E-state index contributed by atoms with van der Waals surface area (Å²) in [5.41, 5.74) is 3.19. The number of benzene rings is 2. The van der Waals surface area contributed by atoms with Crippen LogP contribution in [0.25, 0.3) is 10.9 Å². The van der Waals surface area contributed by atoms with Crippen LogP contribution in [0.3, 0.4) is 0 Å². The van der Waals surface area contributed by atoms with Gasteiger partial charge in [-0.05, 0) is 42.7 Å². The van der Waals surface area contributed by atoms with Gasteiger partial charge in [-0.2, -0.15) is 0 Å². The van der Waals surface area contributed by atoms with Gasteiger partial charge in [-0.1, -0.05) is 18.2 Å². The van der Waals surface area contributed by atoms with Crippen LogP contribution in [0.1, 0.15) is 0 Å². The molecule has 0 aliphatic carbocycles. The highest BCUT2D eigenvalue weighted by Crippen LogP contribution is 2.28. The minimum Gasteiger partial charge on any atom is -0.355 e. The molecular weight excluding hydrogens is 252 g/mol. The Bertz CT molecular complexity index is 695. The van der Waals surface area contributed by atoms with Crippen molar-refractivity contribution in [2.45, 2.75) is 4.90 Å². The molecule has 0 aliphatic heterocycles. The van der Waals surface area contributed by atoms with Crippen molar-refractivity contribution in [1.29, 1.82) is 0 Å². The summed E-state index contributed by atoms with van der Waals surface area (Å²) in [6.45, 7) is 0. The van der Waals surface area contributed by atoms with Crippen molar-refractivity contribution in [3.05, 3.63) is 60.8 Å². The third kappa shape index (κ3) is 2.56. The fourth-order valence-corrected chi connectivity index (χ4v) is 2.48. The summed E-state index contributed by atoms with van der Waals surface area (Å²) in [6.07, 6.45) is 3.92. The first-order valence-corrected chi connectivity index (χ1v) is 7.34. The smallest absolute Gasteiger partial charge is 0.0723 e. The van der Waals surface area contributed by atoms with E-state index in [0.717, 1.165) is 22.3 Å². The molecule has 0 saturated heterocycles. The molecule has 1 heterocycles. The van der Waals surface area contributed by atoms with Gasteiger partial charge in [-0.3, -0.25) is 4.98 Å². The maximum absolute atomic E-state index is 4.41. The minimum atomic E-state index is 1.01. The maximum atomic E-state index is 4.41. The topological polar surface area (TPSA) is 24.9 Å². The highest BCUT2D eigenvalue weighted by atomic mass is 32.2. The van der Waals surface area contributed by atoms with Gasteiger partial charge < -0.3 is 5.32 Å². The first kappa shape index (κ1) is 12.1. The summed E-state index contributed by atoms with van der Waals surface area (Å²) < 4.78 is 0. The van der Waals surface area contributed by atoms with E-state index in [-0.39, 0.29) is 0 Å². The lowest BCUT2D eigenvalue weighted by atomic mass is 10.2. The zero-order valence-electron chi connectivity index (χ0n) is 10.6. The lowest BCUT2D eigenvalue weighted by Gasteiger charge is -2.10. The second-order valence-electron chi connectivity index (χ2n) is 4.23. The number of rotatable bonds is 3. The highest BCUT2D eigenvalue weighted by Gasteiger charge is 2.03. The van der Waals surface area contributed by atoms with Crippen molar-refractivity contribution in [1.82, 2.24) is 4.98 Å². The van der Waals surface area contributed by atoms with E-state index >= 15 is 0 Å². The molecule has 1 N–H and O–H groups in total. The van der Waals surface area contributed by atoms with E-state index in [1.54, 1.807) is 11.8 Å². The average molecular weight is 266 g/mol. The maximum Gasteiger partial charge on any atom is 0.0723 e. The van der Waals surface area contributed by atoms with Crippen molar-refractivity contribution in [2.24, 2.45) is 0 Å². The second-order valence-corrected chi connectivity index (χ2v) is 5.11. The molecule has 19 heavy (non-hydrogen) atoms. The Morgan fingerprint density at radius 1 is 1.00 bits per heavy atom. The molecule has 3 aromatic rings. The van der Waals surface area contributed by atoms with Crippen LogP contribution in [0.2, 0.25) is 0 Å². The Labute approximate surface area is 116 Å². The fraction of sp³-hybridized carbons (Fsp3) is 0.0625. The van der Waals surface area contributed by atoms with Gasteiger partial charge in [0.15, 0.2) is 0 Å². The number of aromatic nitrogens is 1. The predicted octanol–water partition coefficient (Wildman–Crippen LogP) is 4.70. The number of hydrogen-bond acceptors (Lipinski definition) is 3. The molecule has 0 bridgehead atoms. The fourth-order valence-electron chi connectivity index (χ4n) is 2.04. The van der Waals surface area contributed by atoms with Crippen LogP contribution in [-0.2, 0) is 0 Å². The summed E-state index contributed by atoms with van der Waals surface area (Å²) in [6, 6.07) is 18.6. The summed E-state index contributed by atoms with van der Waals surface area (Å²) >= 11 is 1.74. The number of fused-ring (bicyclic) bond motifs is 1. The summed E-state index contributed by atoms with van der Waals surface area (Å²) in [7, 11) is 0. The zero-order chi connectivity index (χ0) is 13.1. The molecule has 0 saturated carbocycles. The molecule has 0 aliphatic rings. The van der Waals surface area contributed by atoms with E-state index < -0.39 is 0 Å². The molecule has 0 radical (unpaired) electrons. The van der Waals surface area contributed by atoms with E-state index in [0.29, 0.717) is 0 Å². The third-order valence-corrected chi connectivity index (χ3v) is 3.73. The zero-order valence-corrected chi connectivity index (χ0v) is 11.4. The summed E-state index contributed by atoms with van der Waals surface area (Å²) in [5.74, 6) is 0. The largest absolute Gasteiger partial charge is 0.355 e. The Kier molecular flexibility index (Phi) is 3.38. The van der Waals surface area contributed by atoms with Gasteiger partial charge in [0.05, 0.1) is 5.52 Å². The highest BCUT2D eigenvalue weighted by molar-refractivity contribution is 7.98. The van der Waals surface area contributed by atoms with Crippen LogP contribution in [0.15, 0.2) is 65.7 Å². The van der Waals surface area contributed by atoms with E-state index in [1.807, 2.05) is 30.5 Å². The Morgan fingerprint density at radius 3 is 2.63 bits per heavy atom. The molecule has 0 unspecified atom stereocenters. The van der Waals surface area contributed by atoms with Crippen molar-refractivity contribution in [3.63, 3.8) is 0 Å². The monoisotopic (exact) mass is 266 g/mol. The number of nitrogens with one attached hydrogen (secondary N) is 1. The first-order chi connectivity index (χ1) is 9.36. The quantitative estimate of drug-likeness (QED) is 0.695. The standard InChI is InChI=1S/C16H14N2S/c1-19-13-7-8-15-14(11-13)16(9-10-17-15)18-12-5-3-2-4-6-12/h2-11H,1H3,(H,17,18). The van der Waals surface area contributed by atoms with Crippen molar-refractivity contribution < 1.29 is 0 Å². The van der Waals surface area contributed by atoms with Crippen LogP contribution < -0.4 is 5.32 Å². The molecule has 0 fully saturated rings. The Morgan fingerprint density at radius 2 is 1.84 bits per heavy atom. The molecule has 0 amide bonds. The normalized spacial score (nSPS) is 10.6. The third-order valence-electron chi connectivity index (χ3n) is 3.00. The summed E-state index contributed by atoms with van der Waals surface area (Å²) in [4.78, 5) is 5.66. The molecule has 3 heteroatoms. The van der Waals surface area contributed by atoms with E-state index in [9.17, 15) is 0 Å². The van der Waals surface area contributed by atoms with Crippen molar-refractivity contribution in [2.75, 3.05) is 11.6 Å². The number of pyridine rings is 1. The van der Waals surface area contributed by atoms with E-state index in [1.165, 1.54) is 4.90 Å². The number of thioether (sulfide) groups is 1. The average Bonchev–Trinajstić information content (AvgIpc) is 2.48. The molecule has 1 aromatic heterocycles. The Balaban J connectivity index is 2.07. The van der Waals surface area contributed by atoms with Gasteiger partial charge in [-0.15, -0.1) is 11.8 Å². The number of nitrogens with zero attached hydrogens (tertiary/aromatic N) is 1. The van der Waals surface area contributed by atoms with Crippen LogP contribution >= 0.6 is 11.8 Å². The predicted molar refractivity (Wildman–Crippen MR) is 83.2 cm³/mol. The van der Waals surface area contributed by atoms with Gasteiger partial charge >= 0.3 is 0 Å². The molecule has 0 atom stereocenters. The van der Waals surface area contributed by atoms with Crippen LogP contribution in [0, 0.1) is 0 Å². The van der Waals surface area contributed by atoms with Crippen LogP contribution in [0.4, 0.5) is 11.4 Å². The van der Waals surface area contributed by atoms with Gasteiger partial charge in [0.1, 0.15) is 0 Å². The van der Waals surface area contributed by atoms with Gasteiger partial charge in [0.25, 0.3) is 0 Å². The lowest BCUT2D eigenvalue weighted by molar-refractivity contribution is 1.38. The second kappa shape index (κ2) is 5.33. The molecule has 2 nitrogen and oxygen atoms in total. The number of para-hydroxylation sites is 1. The number of anilines is 2. The molecule has 2 aromatic carbocycles. The van der Waals surface area contributed by atoms with Crippen molar-refractivity contribution in [3.8, 4) is 0 Å². The van der Waals surface area contributed by atoms with Gasteiger partial charge in [-0.25, -0.2) is 0 Å². The van der Waals surface area contributed by atoms with E-state index in [4.69, 9.17) is 0 Å². The summed E-state index contributed by atoms with van der Waals surface area (Å²) in [5, 5.41) is 4.60. The molecular formula is C16H14N2S. The Hall–Kier alpha value is -2.00. The SMILES string of the molecule is CSc1ccc2nccc(Nc3ccccc3)c2c1. The molecule has 94 valence electrons. The first-order valence-electron chi connectivity index (χ1n) is 6.11. The molecule has 3 rings (SSSR count). The minimum absolute atomic E-state index is 1.01. The van der Waals surface area contributed by atoms with Gasteiger partial charge in [0.2, 0.25) is 0 Å².